The fourth-order valence-corrected chi connectivity index (χ4v) is 4.27. The van der Waals surface area contributed by atoms with E-state index in [4.69, 9.17) is 16.6 Å². The summed E-state index contributed by atoms with van der Waals surface area (Å²) in [5.41, 5.74) is 1.29. The number of nitrogens with zero attached hydrogens (tertiary/aromatic N) is 5. The second-order valence-electron chi connectivity index (χ2n) is 7.90. The number of hydrogen-bond acceptors (Lipinski definition) is 4. The second kappa shape index (κ2) is 7.71. The first-order chi connectivity index (χ1) is 13.9. The number of halogens is 1. The molecule has 1 aromatic carbocycles. The molecule has 154 valence electrons. The average Bonchev–Trinajstić information content (AvgIpc) is 3.08. The van der Waals surface area contributed by atoms with E-state index in [1.807, 2.05) is 28.8 Å². The molecule has 0 spiro atoms. The summed E-state index contributed by atoms with van der Waals surface area (Å²) in [4.78, 5) is 32.9. The van der Waals surface area contributed by atoms with Crippen LogP contribution in [-0.4, -0.2) is 25.2 Å². The first kappa shape index (κ1) is 19.8. The van der Waals surface area contributed by atoms with Crippen molar-refractivity contribution < 1.29 is 0 Å². The van der Waals surface area contributed by atoms with Crippen LogP contribution in [0.4, 0.5) is 11.6 Å². The summed E-state index contributed by atoms with van der Waals surface area (Å²) in [5, 5.41) is 0.647. The van der Waals surface area contributed by atoms with Gasteiger partial charge in [0.15, 0.2) is 11.2 Å². The molecule has 0 radical (unpaired) electrons. The summed E-state index contributed by atoms with van der Waals surface area (Å²) in [5.74, 6) is 0.989. The maximum absolute atomic E-state index is 13.3. The molecule has 0 bridgehead atoms. The molecule has 0 saturated heterocycles. The monoisotopic (exact) mass is 415 g/mol. The van der Waals surface area contributed by atoms with Gasteiger partial charge < -0.3 is 9.47 Å². The number of imidazole rings is 1. The topological polar surface area (TPSA) is 65.1 Å². The molecule has 3 heterocycles. The van der Waals surface area contributed by atoms with Gasteiger partial charge in [-0.3, -0.25) is 13.9 Å². The zero-order chi connectivity index (χ0) is 20.7. The summed E-state index contributed by atoms with van der Waals surface area (Å²) in [6, 6.07) is 7.61. The molecule has 8 heteroatoms. The quantitative estimate of drug-likeness (QED) is 0.598. The van der Waals surface area contributed by atoms with Crippen molar-refractivity contribution in [3.05, 3.63) is 50.1 Å². The number of unbranched alkanes of at least 4 members (excludes halogenated alkanes) is 2. The highest BCUT2D eigenvalue weighted by atomic mass is 35.5. The molecule has 0 fully saturated rings. The van der Waals surface area contributed by atoms with Crippen LogP contribution >= 0.6 is 11.6 Å². The average molecular weight is 416 g/mol. The van der Waals surface area contributed by atoms with Crippen molar-refractivity contribution in [2.75, 3.05) is 11.4 Å². The highest BCUT2D eigenvalue weighted by Gasteiger charge is 2.29. The maximum Gasteiger partial charge on any atom is 0.332 e. The van der Waals surface area contributed by atoms with Crippen LogP contribution in [0.3, 0.4) is 0 Å². The molecule has 2 aromatic heterocycles. The molecular weight excluding hydrogens is 390 g/mol. The van der Waals surface area contributed by atoms with Crippen LogP contribution in [0.5, 0.6) is 0 Å². The summed E-state index contributed by atoms with van der Waals surface area (Å²) >= 11 is 6.21. The van der Waals surface area contributed by atoms with E-state index in [2.05, 4.69) is 18.7 Å². The number of fused-ring (bicyclic) bond motifs is 3. The van der Waals surface area contributed by atoms with Crippen LogP contribution in [0.15, 0.2) is 33.9 Å². The van der Waals surface area contributed by atoms with Gasteiger partial charge in [-0.05, 0) is 30.5 Å². The Kier molecular flexibility index (Phi) is 5.25. The van der Waals surface area contributed by atoms with E-state index in [0.717, 1.165) is 31.5 Å². The van der Waals surface area contributed by atoms with Gasteiger partial charge in [-0.15, -0.1) is 0 Å². The predicted molar refractivity (Wildman–Crippen MR) is 116 cm³/mol. The van der Waals surface area contributed by atoms with Gasteiger partial charge in [-0.1, -0.05) is 44.4 Å². The molecule has 1 atom stereocenters. The molecule has 4 rings (SSSR count). The van der Waals surface area contributed by atoms with Crippen molar-refractivity contribution in [3.8, 4) is 0 Å². The minimum Gasteiger partial charge on any atom is -0.312 e. The Hall–Kier alpha value is -2.54. The molecule has 7 nitrogen and oxygen atoms in total. The highest BCUT2D eigenvalue weighted by Crippen LogP contribution is 2.33. The second-order valence-corrected chi connectivity index (χ2v) is 8.33. The van der Waals surface area contributed by atoms with E-state index in [1.165, 1.54) is 9.13 Å². The largest absolute Gasteiger partial charge is 0.332 e. The number of hydrogen-bond donors (Lipinski definition) is 0. The Morgan fingerprint density at radius 3 is 2.72 bits per heavy atom. The van der Waals surface area contributed by atoms with E-state index in [1.54, 1.807) is 7.05 Å². The normalized spacial score (nSPS) is 16.4. The van der Waals surface area contributed by atoms with Crippen LogP contribution in [0, 0.1) is 5.92 Å². The minimum atomic E-state index is -0.309. The van der Waals surface area contributed by atoms with Crippen LogP contribution in [0.25, 0.3) is 11.2 Å². The van der Waals surface area contributed by atoms with Crippen LogP contribution in [-0.2, 0) is 20.1 Å². The molecule has 29 heavy (non-hydrogen) atoms. The highest BCUT2D eigenvalue weighted by molar-refractivity contribution is 6.30. The Morgan fingerprint density at radius 2 is 2.00 bits per heavy atom. The molecule has 0 unspecified atom stereocenters. The molecule has 1 aliphatic rings. The van der Waals surface area contributed by atoms with Crippen LogP contribution < -0.4 is 16.1 Å². The van der Waals surface area contributed by atoms with E-state index in [9.17, 15) is 9.59 Å². The molecule has 3 aromatic rings. The lowest BCUT2D eigenvalue weighted by Crippen LogP contribution is -2.40. The van der Waals surface area contributed by atoms with Crippen LogP contribution in [0.1, 0.15) is 33.1 Å². The van der Waals surface area contributed by atoms with E-state index in [-0.39, 0.29) is 11.2 Å². The SMILES string of the molecule is CCCCCn1c(=O)c2c(nc3n2C[C@H](C)CN3c2cccc(Cl)c2)n(C)c1=O. The van der Waals surface area contributed by atoms with Gasteiger partial charge in [0, 0.05) is 37.4 Å². The molecule has 0 N–H and O–H groups in total. The molecule has 0 saturated carbocycles. The molecular formula is C21H26ClN5O2. The lowest BCUT2D eigenvalue weighted by molar-refractivity contribution is 0.457. The van der Waals surface area contributed by atoms with E-state index in [0.29, 0.717) is 41.1 Å². The van der Waals surface area contributed by atoms with Crippen LogP contribution in [0.2, 0.25) is 5.02 Å². The Morgan fingerprint density at radius 1 is 1.21 bits per heavy atom. The van der Waals surface area contributed by atoms with E-state index >= 15 is 0 Å². The summed E-state index contributed by atoms with van der Waals surface area (Å²) < 4.78 is 4.81. The number of aromatic nitrogens is 4. The van der Waals surface area contributed by atoms with Gasteiger partial charge >= 0.3 is 5.69 Å². The summed E-state index contributed by atoms with van der Waals surface area (Å²) in [6.07, 6.45) is 2.83. The zero-order valence-electron chi connectivity index (χ0n) is 17.1. The first-order valence-corrected chi connectivity index (χ1v) is 10.5. The maximum atomic E-state index is 13.3. The molecule has 1 aliphatic heterocycles. The van der Waals surface area contributed by atoms with Crippen molar-refractivity contribution >= 4 is 34.4 Å². The van der Waals surface area contributed by atoms with Gasteiger partial charge in [0.2, 0.25) is 5.95 Å². The summed E-state index contributed by atoms with van der Waals surface area (Å²) in [6.45, 7) is 6.13. The third kappa shape index (κ3) is 3.37. The van der Waals surface area contributed by atoms with Crippen molar-refractivity contribution in [3.63, 3.8) is 0 Å². The fraction of sp³-hybridized carbons (Fsp3) is 0.476. The predicted octanol–water partition coefficient (Wildman–Crippen LogP) is 3.53. The van der Waals surface area contributed by atoms with Crippen molar-refractivity contribution in [1.82, 2.24) is 18.7 Å². The standard InChI is InChI=1S/C21H26ClN5O2/c1-4-5-6-10-25-19(28)17-18(24(3)21(25)29)23-20-26(12-14(2)13-27(17)20)16-9-7-8-15(22)11-16/h7-9,11,14H,4-6,10,12-13H2,1-3H3/t14-/m1/s1. The number of aryl methyl sites for hydroxylation is 1. The summed E-state index contributed by atoms with van der Waals surface area (Å²) in [7, 11) is 1.69. The van der Waals surface area contributed by atoms with E-state index < -0.39 is 0 Å². The Labute approximate surface area is 174 Å². The third-order valence-corrected chi connectivity index (χ3v) is 5.78. The number of rotatable bonds is 5. The lowest BCUT2D eigenvalue weighted by atomic mass is 10.1. The van der Waals surface area contributed by atoms with Gasteiger partial charge in [-0.25, -0.2) is 4.79 Å². The number of benzene rings is 1. The molecule has 0 aliphatic carbocycles. The zero-order valence-corrected chi connectivity index (χ0v) is 17.8. The van der Waals surface area contributed by atoms with Gasteiger partial charge in [0.25, 0.3) is 5.56 Å². The van der Waals surface area contributed by atoms with Gasteiger partial charge in [0.1, 0.15) is 0 Å². The third-order valence-electron chi connectivity index (χ3n) is 5.55. The van der Waals surface area contributed by atoms with Crippen molar-refractivity contribution in [2.24, 2.45) is 13.0 Å². The van der Waals surface area contributed by atoms with Gasteiger partial charge in [0.05, 0.1) is 0 Å². The van der Waals surface area contributed by atoms with Crippen molar-refractivity contribution in [1.29, 1.82) is 0 Å². The fourth-order valence-electron chi connectivity index (χ4n) is 4.08. The minimum absolute atomic E-state index is 0.252. The number of anilines is 2. The Balaban J connectivity index is 1.93. The van der Waals surface area contributed by atoms with Gasteiger partial charge in [-0.2, -0.15) is 4.98 Å². The molecule has 0 amide bonds. The Bertz CT molecular complexity index is 1180. The first-order valence-electron chi connectivity index (χ1n) is 10.2. The smallest absolute Gasteiger partial charge is 0.312 e. The van der Waals surface area contributed by atoms with Crippen molar-refractivity contribution in [2.45, 2.75) is 46.2 Å². The lowest BCUT2D eigenvalue weighted by Gasteiger charge is -2.33.